The Labute approximate surface area is 111 Å². The molecule has 1 aliphatic heterocycles. The molecule has 0 fully saturated rings. The van der Waals surface area contributed by atoms with Crippen molar-refractivity contribution in [3.8, 4) is 11.8 Å². The molecule has 2 aromatic rings. The lowest BCUT2D eigenvalue weighted by Gasteiger charge is -2.32. The average Bonchev–Trinajstić information content (AvgIpc) is 2.48. The minimum Gasteiger partial charge on any atom is -0.467 e. The number of hydrogen-bond acceptors (Lipinski definition) is 3. The molecule has 19 heavy (non-hydrogen) atoms. The van der Waals surface area contributed by atoms with Crippen molar-refractivity contribution in [3.63, 3.8) is 0 Å². The second kappa shape index (κ2) is 4.25. The summed E-state index contributed by atoms with van der Waals surface area (Å²) in [6.07, 6.45) is 0.0462. The van der Waals surface area contributed by atoms with Gasteiger partial charge in [0, 0.05) is 5.56 Å². The number of hydrogen-bond donors (Lipinski definition) is 0. The molecule has 0 radical (unpaired) electrons. The monoisotopic (exact) mass is 249 g/mol. The van der Waals surface area contributed by atoms with Crippen LogP contribution in [0.5, 0.6) is 5.75 Å². The van der Waals surface area contributed by atoms with Gasteiger partial charge in [0.05, 0.1) is 12.0 Å². The maximum atomic E-state index is 12.2. The molecule has 0 spiro atoms. The number of ether oxygens (including phenoxy) is 1. The van der Waals surface area contributed by atoms with Crippen molar-refractivity contribution in [1.82, 2.24) is 0 Å². The average molecular weight is 249 g/mol. The van der Waals surface area contributed by atoms with Crippen LogP contribution in [0.25, 0.3) is 0 Å². The van der Waals surface area contributed by atoms with Crippen molar-refractivity contribution in [1.29, 1.82) is 5.26 Å². The van der Waals surface area contributed by atoms with E-state index in [1.165, 1.54) is 0 Å². The largest absolute Gasteiger partial charge is 0.467 e. The summed E-state index contributed by atoms with van der Waals surface area (Å²) in [5.74, 6) is 0.413. The smallest absolute Gasteiger partial charge is 0.226 e. The summed E-state index contributed by atoms with van der Waals surface area (Å²) in [6.45, 7) is 0. The fourth-order valence-corrected chi connectivity index (χ4v) is 2.33. The lowest BCUT2D eigenvalue weighted by Crippen LogP contribution is -2.38. The molecular formula is C16H11NO2. The van der Waals surface area contributed by atoms with E-state index >= 15 is 0 Å². The molecular weight excluding hydrogens is 238 g/mol. The Morgan fingerprint density at radius 2 is 1.74 bits per heavy atom. The zero-order chi connectivity index (χ0) is 13.3. The first-order chi connectivity index (χ1) is 9.25. The molecule has 3 heteroatoms. The molecule has 0 aromatic heterocycles. The van der Waals surface area contributed by atoms with Gasteiger partial charge in [0.25, 0.3) is 0 Å². The number of nitrogens with zero attached hydrogens (tertiary/aromatic N) is 1. The molecule has 0 aliphatic carbocycles. The number of benzene rings is 2. The highest BCUT2D eigenvalue weighted by Crippen LogP contribution is 2.38. The first-order valence-electron chi connectivity index (χ1n) is 6.03. The second-order valence-corrected chi connectivity index (χ2v) is 4.50. The van der Waals surface area contributed by atoms with Gasteiger partial charge in [-0.15, -0.1) is 0 Å². The quantitative estimate of drug-likeness (QED) is 0.780. The highest BCUT2D eigenvalue weighted by atomic mass is 16.5. The van der Waals surface area contributed by atoms with Gasteiger partial charge in [0.1, 0.15) is 11.8 Å². The molecule has 3 rings (SSSR count). The maximum absolute atomic E-state index is 12.2. The second-order valence-electron chi connectivity index (χ2n) is 4.50. The fraction of sp³-hybridized carbons (Fsp3) is 0.125. The zero-order valence-electron chi connectivity index (χ0n) is 10.2. The van der Waals surface area contributed by atoms with E-state index in [0.29, 0.717) is 16.9 Å². The normalized spacial score (nSPS) is 21.1. The summed E-state index contributed by atoms with van der Waals surface area (Å²) in [4.78, 5) is 12.2. The Morgan fingerprint density at radius 1 is 1.05 bits per heavy atom. The van der Waals surface area contributed by atoms with Gasteiger partial charge in [-0.2, -0.15) is 5.26 Å². The van der Waals surface area contributed by atoms with Crippen LogP contribution < -0.4 is 4.74 Å². The van der Waals surface area contributed by atoms with Crippen LogP contribution in [0.1, 0.15) is 22.3 Å². The van der Waals surface area contributed by atoms with Gasteiger partial charge in [0.2, 0.25) is 5.60 Å². The number of Topliss-reactive ketones (excluding diaryl/α,β-unsaturated/α-hetero) is 1. The Bertz CT molecular complexity index is 673. The van der Waals surface area contributed by atoms with Crippen LogP contribution in [0.2, 0.25) is 0 Å². The SMILES string of the molecule is N#CC1(c2ccccc2)CC(=O)c2ccccc2O1. The van der Waals surface area contributed by atoms with Gasteiger partial charge in [-0.3, -0.25) is 4.79 Å². The third kappa shape index (κ3) is 1.78. The molecule has 1 aliphatic rings. The highest BCUT2D eigenvalue weighted by Gasteiger charge is 2.42. The lowest BCUT2D eigenvalue weighted by molar-refractivity contribution is 0.0682. The van der Waals surface area contributed by atoms with Crippen molar-refractivity contribution < 1.29 is 9.53 Å². The minimum absolute atomic E-state index is 0.0462. The summed E-state index contributed by atoms with van der Waals surface area (Å²) >= 11 is 0. The summed E-state index contributed by atoms with van der Waals surface area (Å²) < 4.78 is 5.84. The molecule has 0 saturated heterocycles. The van der Waals surface area contributed by atoms with Gasteiger partial charge >= 0.3 is 0 Å². The van der Waals surface area contributed by atoms with Crippen LogP contribution in [0, 0.1) is 11.3 Å². The molecule has 0 saturated carbocycles. The van der Waals surface area contributed by atoms with Gasteiger partial charge in [0.15, 0.2) is 5.78 Å². The van der Waals surface area contributed by atoms with E-state index in [-0.39, 0.29) is 12.2 Å². The van der Waals surface area contributed by atoms with Gasteiger partial charge < -0.3 is 4.74 Å². The van der Waals surface area contributed by atoms with Crippen molar-refractivity contribution in [2.75, 3.05) is 0 Å². The Kier molecular flexibility index (Phi) is 2.57. The molecule has 92 valence electrons. The third-order valence-electron chi connectivity index (χ3n) is 3.30. The number of nitriles is 1. The van der Waals surface area contributed by atoms with Crippen LogP contribution >= 0.6 is 0 Å². The van der Waals surface area contributed by atoms with E-state index in [1.807, 2.05) is 30.3 Å². The molecule has 1 heterocycles. The number of ketones is 1. The Morgan fingerprint density at radius 3 is 2.47 bits per heavy atom. The summed E-state index contributed by atoms with van der Waals surface area (Å²) in [5, 5.41) is 9.51. The van der Waals surface area contributed by atoms with Crippen molar-refractivity contribution in [2.24, 2.45) is 0 Å². The van der Waals surface area contributed by atoms with Crippen LogP contribution in [0.3, 0.4) is 0 Å². The molecule has 3 nitrogen and oxygen atoms in total. The molecule has 1 atom stereocenters. The zero-order valence-corrected chi connectivity index (χ0v) is 10.2. The van der Waals surface area contributed by atoms with Crippen molar-refractivity contribution in [2.45, 2.75) is 12.0 Å². The van der Waals surface area contributed by atoms with Crippen LogP contribution in [-0.2, 0) is 5.60 Å². The van der Waals surface area contributed by atoms with E-state index in [4.69, 9.17) is 4.74 Å². The maximum Gasteiger partial charge on any atom is 0.226 e. The molecule has 0 bridgehead atoms. The number of para-hydroxylation sites is 1. The van der Waals surface area contributed by atoms with Gasteiger partial charge in [-0.25, -0.2) is 0 Å². The van der Waals surface area contributed by atoms with Crippen LogP contribution in [-0.4, -0.2) is 5.78 Å². The van der Waals surface area contributed by atoms with Gasteiger partial charge in [-0.05, 0) is 12.1 Å². The van der Waals surface area contributed by atoms with E-state index in [9.17, 15) is 10.1 Å². The van der Waals surface area contributed by atoms with E-state index in [2.05, 4.69) is 6.07 Å². The lowest BCUT2D eigenvalue weighted by atomic mass is 9.85. The minimum atomic E-state index is -1.22. The fourth-order valence-electron chi connectivity index (χ4n) is 2.33. The topological polar surface area (TPSA) is 50.1 Å². The van der Waals surface area contributed by atoms with Crippen molar-refractivity contribution >= 4 is 5.78 Å². The number of rotatable bonds is 1. The van der Waals surface area contributed by atoms with E-state index in [0.717, 1.165) is 0 Å². The van der Waals surface area contributed by atoms with E-state index < -0.39 is 5.60 Å². The number of carbonyl (C=O) groups excluding carboxylic acids is 1. The molecule has 0 amide bonds. The predicted molar refractivity (Wildman–Crippen MR) is 69.8 cm³/mol. The molecule has 0 N–H and O–H groups in total. The molecule has 2 aromatic carbocycles. The summed E-state index contributed by atoms with van der Waals surface area (Å²) in [5.41, 5.74) is 0.0387. The third-order valence-corrected chi connectivity index (χ3v) is 3.30. The number of fused-ring (bicyclic) bond motifs is 1. The first kappa shape index (κ1) is 11.5. The number of carbonyl (C=O) groups is 1. The molecule has 1 unspecified atom stereocenters. The van der Waals surface area contributed by atoms with E-state index in [1.54, 1.807) is 24.3 Å². The predicted octanol–water partition coefficient (Wildman–Crippen LogP) is 3.07. The van der Waals surface area contributed by atoms with Gasteiger partial charge in [-0.1, -0.05) is 42.5 Å². The first-order valence-corrected chi connectivity index (χ1v) is 6.03. The van der Waals surface area contributed by atoms with Crippen LogP contribution in [0.4, 0.5) is 0 Å². The summed E-state index contributed by atoms with van der Waals surface area (Å²) in [6, 6.07) is 18.4. The Balaban J connectivity index is 2.13. The highest BCUT2D eigenvalue weighted by molar-refractivity contribution is 6.00. The standard InChI is InChI=1S/C16H11NO2/c17-11-16(12-6-2-1-3-7-12)10-14(18)13-8-4-5-9-15(13)19-16/h1-9H,10H2. The van der Waals surface area contributed by atoms with Crippen molar-refractivity contribution in [3.05, 3.63) is 65.7 Å². The summed E-state index contributed by atoms with van der Waals surface area (Å²) in [7, 11) is 0. The Hall–Kier alpha value is -2.60. The van der Waals surface area contributed by atoms with Crippen LogP contribution in [0.15, 0.2) is 54.6 Å².